The van der Waals surface area contributed by atoms with Gasteiger partial charge in [0.25, 0.3) is 0 Å². The molecule has 3 aromatic carbocycles. The molecule has 0 aromatic heterocycles. The SMILES string of the molecule is CC(=O)OC1c2ccccc2-c2cc3ccccc3c(C#C[Si](C)(C)C)c21. The van der Waals surface area contributed by atoms with Crippen molar-refractivity contribution in [3.63, 3.8) is 0 Å². The standard InChI is InChI=1S/C24H22O2Si/c1-16(25)26-24-21-12-8-7-11-19(21)22-15-17-9-5-6-10-18(17)20(23(22)24)13-14-27(2,3)4/h5-12,15,24H,1-4H3. The maximum Gasteiger partial charge on any atom is 0.303 e. The van der Waals surface area contributed by atoms with E-state index < -0.39 is 14.2 Å². The minimum absolute atomic E-state index is 0.278. The third-order valence-electron chi connectivity index (χ3n) is 4.73. The molecular formula is C24H22O2Si. The minimum atomic E-state index is -1.56. The van der Waals surface area contributed by atoms with Gasteiger partial charge in [-0.1, -0.05) is 74.1 Å². The van der Waals surface area contributed by atoms with Gasteiger partial charge in [-0.05, 0) is 28.0 Å². The maximum atomic E-state index is 11.9. The number of fused-ring (bicyclic) bond motifs is 4. The highest BCUT2D eigenvalue weighted by molar-refractivity contribution is 6.83. The predicted molar refractivity (Wildman–Crippen MR) is 113 cm³/mol. The van der Waals surface area contributed by atoms with E-state index in [9.17, 15) is 4.79 Å². The molecule has 3 heteroatoms. The molecule has 0 saturated carbocycles. The molecule has 0 aliphatic heterocycles. The van der Waals surface area contributed by atoms with Gasteiger partial charge in [0.05, 0.1) is 0 Å². The van der Waals surface area contributed by atoms with Crippen LogP contribution in [-0.4, -0.2) is 14.0 Å². The van der Waals surface area contributed by atoms with Crippen molar-refractivity contribution >= 4 is 24.8 Å². The zero-order valence-corrected chi connectivity index (χ0v) is 17.1. The van der Waals surface area contributed by atoms with Crippen LogP contribution in [0.2, 0.25) is 19.6 Å². The molecule has 134 valence electrons. The third kappa shape index (κ3) is 3.18. The lowest BCUT2D eigenvalue weighted by atomic mass is 9.94. The summed E-state index contributed by atoms with van der Waals surface area (Å²) >= 11 is 0. The van der Waals surface area contributed by atoms with Gasteiger partial charge >= 0.3 is 5.97 Å². The average molecular weight is 371 g/mol. The summed E-state index contributed by atoms with van der Waals surface area (Å²) in [5.74, 6) is 3.21. The van der Waals surface area contributed by atoms with Crippen LogP contribution in [0, 0.1) is 11.5 Å². The molecule has 0 radical (unpaired) electrons. The van der Waals surface area contributed by atoms with Crippen LogP contribution < -0.4 is 0 Å². The first-order valence-electron chi connectivity index (χ1n) is 9.20. The van der Waals surface area contributed by atoms with Crippen molar-refractivity contribution in [1.82, 2.24) is 0 Å². The number of hydrogen-bond donors (Lipinski definition) is 0. The van der Waals surface area contributed by atoms with Gasteiger partial charge < -0.3 is 4.74 Å². The van der Waals surface area contributed by atoms with E-state index in [1.807, 2.05) is 24.3 Å². The molecule has 3 aromatic rings. The van der Waals surface area contributed by atoms with Crippen molar-refractivity contribution < 1.29 is 9.53 Å². The van der Waals surface area contributed by atoms with Crippen LogP contribution in [-0.2, 0) is 9.53 Å². The molecule has 1 aliphatic carbocycles. The molecule has 27 heavy (non-hydrogen) atoms. The van der Waals surface area contributed by atoms with E-state index in [-0.39, 0.29) is 5.97 Å². The second-order valence-electron chi connectivity index (χ2n) is 8.01. The van der Waals surface area contributed by atoms with Crippen LogP contribution in [0.25, 0.3) is 21.9 Å². The molecule has 1 atom stereocenters. The maximum absolute atomic E-state index is 11.9. The van der Waals surface area contributed by atoms with Crippen molar-refractivity contribution in [1.29, 1.82) is 0 Å². The van der Waals surface area contributed by atoms with Crippen molar-refractivity contribution in [3.8, 4) is 22.6 Å². The van der Waals surface area contributed by atoms with Gasteiger partial charge in [-0.15, -0.1) is 5.54 Å². The van der Waals surface area contributed by atoms with Gasteiger partial charge in [0.1, 0.15) is 8.07 Å². The lowest BCUT2D eigenvalue weighted by Crippen LogP contribution is -2.16. The van der Waals surface area contributed by atoms with Gasteiger partial charge in [0, 0.05) is 23.6 Å². The molecule has 1 unspecified atom stereocenters. The molecule has 4 rings (SSSR count). The van der Waals surface area contributed by atoms with Crippen molar-refractivity contribution in [2.75, 3.05) is 0 Å². The average Bonchev–Trinajstić information content (AvgIpc) is 2.91. The molecule has 0 heterocycles. The Balaban J connectivity index is 2.09. The van der Waals surface area contributed by atoms with Crippen LogP contribution in [0.1, 0.15) is 29.7 Å². The summed E-state index contributed by atoms with van der Waals surface area (Å²) in [6.45, 7) is 8.19. The summed E-state index contributed by atoms with van der Waals surface area (Å²) in [5.41, 5.74) is 8.81. The Kier molecular flexibility index (Phi) is 4.17. The Bertz CT molecular complexity index is 1130. The molecule has 0 N–H and O–H groups in total. The first kappa shape index (κ1) is 17.6. The Labute approximate surface area is 161 Å². The van der Waals surface area contributed by atoms with E-state index in [0.717, 1.165) is 38.6 Å². The largest absolute Gasteiger partial charge is 0.453 e. The van der Waals surface area contributed by atoms with Gasteiger partial charge in [-0.2, -0.15) is 0 Å². The van der Waals surface area contributed by atoms with Gasteiger partial charge in [0.15, 0.2) is 6.10 Å². The zero-order valence-electron chi connectivity index (χ0n) is 16.1. The van der Waals surface area contributed by atoms with E-state index in [1.165, 1.54) is 6.92 Å². The highest BCUT2D eigenvalue weighted by Crippen LogP contribution is 2.48. The summed E-state index contributed by atoms with van der Waals surface area (Å²) in [6, 6.07) is 18.7. The summed E-state index contributed by atoms with van der Waals surface area (Å²) in [6.07, 6.45) is -0.399. The molecule has 0 fully saturated rings. The zero-order chi connectivity index (χ0) is 19.2. The molecule has 0 bridgehead atoms. The predicted octanol–water partition coefficient (Wildman–Crippen LogP) is 5.70. The summed E-state index contributed by atoms with van der Waals surface area (Å²) in [7, 11) is -1.56. The van der Waals surface area contributed by atoms with Crippen LogP contribution >= 0.6 is 0 Å². The van der Waals surface area contributed by atoms with Gasteiger partial charge in [0.2, 0.25) is 0 Å². The lowest BCUT2D eigenvalue weighted by molar-refractivity contribution is -0.144. The van der Waals surface area contributed by atoms with Gasteiger partial charge in [-0.3, -0.25) is 4.79 Å². The molecule has 0 spiro atoms. The Morgan fingerprint density at radius 3 is 2.44 bits per heavy atom. The summed E-state index contributed by atoms with van der Waals surface area (Å²) in [5, 5.41) is 2.28. The number of carbonyl (C=O) groups excluding carboxylic acids is 1. The number of ether oxygens (including phenoxy) is 1. The quantitative estimate of drug-likeness (QED) is 0.312. The number of rotatable bonds is 1. The first-order valence-corrected chi connectivity index (χ1v) is 12.7. The number of esters is 1. The monoisotopic (exact) mass is 370 g/mol. The molecule has 2 nitrogen and oxygen atoms in total. The van der Waals surface area contributed by atoms with Gasteiger partial charge in [-0.25, -0.2) is 0 Å². The normalized spacial score (nSPS) is 14.9. The lowest BCUT2D eigenvalue weighted by Gasteiger charge is -2.17. The molecule has 0 saturated heterocycles. The number of hydrogen-bond acceptors (Lipinski definition) is 2. The smallest absolute Gasteiger partial charge is 0.303 e. The second-order valence-corrected chi connectivity index (χ2v) is 12.8. The topological polar surface area (TPSA) is 26.3 Å². The molecular weight excluding hydrogens is 348 g/mol. The first-order chi connectivity index (χ1) is 12.8. The van der Waals surface area contributed by atoms with E-state index in [2.05, 4.69) is 61.4 Å². The fraction of sp³-hybridized carbons (Fsp3) is 0.208. The summed E-state index contributed by atoms with van der Waals surface area (Å²) in [4.78, 5) is 11.9. The van der Waals surface area contributed by atoms with E-state index in [0.29, 0.717) is 0 Å². The van der Waals surface area contributed by atoms with E-state index in [4.69, 9.17) is 4.74 Å². The fourth-order valence-electron chi connectivity index (χ4n) is 3.66. The third-order valence-corrected chi connectivity index (χ3v) is 5.61. The number of benzene rings is 3. The van der Waals surface area contributed by atoms with Crippen molar-refractivity contribution in [2.45, 2.75) is 32.7 Å². The minimum Gasteiger partial charge on any atom is -0.453 e. The Morgan fingerprint density at radius 2 is 1.70 bits per heavy atom. The molecule has 0 amide bonds. The Hall–Kier alpha value is -2.83. The van der Waals surface area contributed by atoms with E-state index in [1.54, 1.807) is 0 Å². The van der Waals surface area contributed by atoms with E-state index >= 15 is 0 Å². The second kappa shape index (κ2) is 6.40. The highest BCUT2D eigenvalue weighted by atomic mass is 28.3. The molecule has 1 aliphatic rings. The summed E-state index contributed by atoms with van der Waals surface area (Å²) < 4.78 is 5.79. The highest BCUT2D eigenvalue weighted by Gasteiger charge is 2.34. The fourth-order valence-corrected chi connectivity index (χ4v) is 4.16. The van der Waals surface area contributed by atoms with Crippen LogP contribution in [0.4, 0.5) is 0 Å². The van der Waals surface area contributed by atoms with Crippen molar-refractivity contribution in [2.24, 2.45) is 0 Å². The van der Waals surface area contributed by atoms with Crippen LogP contribution in [0.15, 0.2) is 54.6 Å². The van der Waals surface area contributed by atoms with Crippen LogP contribution in [0.3, 0.4) is 0 Å². The Morgan fingerprint density at radius 1 is 1.00 bits per heavy atom. The van der Waals surface area contributed by atoms with Crippen molar-refractivity contribution in [3.05, 3.63) is 71.3 Å². The van der Waals surface area contributed by atoms with Crippen LogP contribution in [0.5, 0.6) is 0 Å². The number of carbonyl (C=O) groups is 1.